The number of rotatable bonds is 6. The lowest BCUT2D eigenvalue weighted by atomic mass is 10.1. The summed E-state index contributed by atoms with van der Waals surface area (Å²) >= 11 is 0. The predicted octanol–water partition coefficient (Wildman–Crippen LogP) is 1.92. The number of hydrogen-bond donors (Lipinski definition) is 2. The van der Waals surface area contributed by atoms with E-state index >= 15 is 0 Å². The van der Waals surface area contributed by atoms with Crippen molar-refractivity contribution in [1.82, 2.24) is 0 Å². The molecule has 0 saturated heterocycles. The van der Waals surface area contributed by atoms with Crippen LogP contribution >= 0.6 is 0 Å². The van der Waals surface area contributed by atoms with Gasteiger partial charge in [0.25, 0.3) is 0 Å². The Morgan fingerprint density at radius 3 is 2.31 bits per heavy atom. The molecule has 0 aliphatic heterocycles. The maximum absolute atomic E-state index is 9.01. The van der Waals surface area contributed by atoms with Gasteiger partial charge >= 0.3 is 0 Å². The summed E-state index contributed by atoms with van der Waals surface area (Å²) in [6, 6.07) is 8.33. The number of aliphatic hydroxyl groups is 1. The van der Waals surface area contributed by atoms with Gasteiger partial charge in [0.2, 0.25) is 0 Å². The Morgan fingerprint density at radius 1 is 1.25 bits per heavy atom. The van der Waals surface area contributed by atoms with Crippen LogP contribution in [-0.4, -0.2) is 24.8 Å². The standard InChI is InChI=1S/C13H22N2O/c1-3-8-15(9-10-16)13-6-4-12(5-7-13)11(2)14/h4-7,11,16H,3,8-10,14H2,1-2H3/t11-/m1/s1. The lowest BCUT2D eigenvalue weighted by molar-refractivity contribution is 0.302. The molecule has 1 aromatic carbocycles. The summed E-state index contributed by atoms with van der Waals surface area (Å²) < 4.78 is 0. The minimum Gasteiger partial charge on any atom is -0.395 e. The lowest BCUT2D eigenvalue weighted by Gasteiger charge is -2.23. The fraction of sp³-hybridized carbons (Fsp3) is 0.538. The van der Waals surface area contributed by atoms with Crippen LogP contribution in [0.2, 0.25) is 0 Å². The molecule has 16 heavy (non-hydrogen) atoms. The van der Waals surface area contributed by atoms with E-state index in [0.29, 0.717) is 6.54 Å². The Kier molecular flexibility index (Phi) is 5.29. The van der Waals surface area contributed by atoms with E-state index in [1.807, 2.05) is 6.92 Å². The van der Waals surface area contributed by atoms with Crippen molar-refractivity contribution >= 4 is 5.69 Å². The first-order valence-corrected chi connectivity index (χ1v) is 5.90. The highest BCUT2D eigenvalue weighted by Gasteiger charge is 2.05. The molecule has 3 heteroatoms. The highest BCUT2D eigenvalue weighted by molar-refractivity contribution is 5.47. The average molecular weight is 222 g/mol. The SMILES string of the molecule is CCCN(CCO)c1ccc([C@@H](C)N)cc1. The van der Waals surface area contributed by atoms with Gasteiger partial charge in [0.15, 0.2) is 0 Å². The van der Waals surface area contributed by atoms with Gasteiger partial charge in [0.05, 0.1) is 6.61 Å². The smallest absolute Gasteiger partial charge is 0.0606 e. The van der Waals surface area contributed by atoms with E-state index < -0.39 is 0 Å². The number of anilines is 1. The van der Waals surface area contributed by atoms with Crippen LogP contribution in [0.3, 0.4) is 0 Å². The molecular weight excluding hydrogens is 200 g/mol. The summed E-state index contributed by atoms with van der Waals surface area (Å²) in [6.07, 6.45) is 1.08. The third kappa shape index (κ3) is 3.51. The minimum absolute atomic E-state index is 0.0755. The first-order chi connectivity index (χ1) is 7.69. The average Bonchev–Trinajstić information content (AvgIpc) is 2.29. The molecule has 0 fully saturated rings. The molecule has 0 bridgehead atoms. The third-order valence-electron chi connectivity index (χ3n) is 2.65. The van der Waals surface area contributed by atoms with E-state index in [1.54, 1.807) is 0 Å². The largest absolute Gasteiger partial charge is 0.395 e. The van der Waals surface area contributed by atoms with Crippen molar-refractivity contribution in [1.29, 1.82) is 0 Å². The lowest BCUT2D eigenvalue weighted by Crippen LogP contribution is -2.27. The van der Waals surface area contributed by atoms with E-state index in [9.17, 15) is 0 Å². The molecule has 0 saturated carbocycles. The van der Waals surface area contributed by atoms with E-state index in [4.69, 9.17) is 10.8 Å². The van der Waals surface area contributed by atoms with E-state index in [1.165, 1.54) is 0 Å². The minimum atomic E-state index is 0.0755. The van der Waals surface area contributed by atoms with Gasteiger partial charge in [-0.05, 0) is 31.0 Å². The molecule has 0 aliphatic rings. The van der Waals surface area contributed by atoms with Crippen LogP contribution in [0, 0.1) is 0 Å². The van der Waals surface area contributed by atoms with Gasteiger partial charge in [-0.3, -0.25) is 0 Å². The molecule has 0 aromatic heterocycles. The molecular formula is C13H22N2O. The molecule has 3 N–H and O–H groups in total. The van der Waals surface area contributed by atoms with Gasteiger partial charge in [-0.15, -0.1) is 0 Å². The monoisotopic (exact) mass is 222 g/mol. The van der Waals surface area contributed by atoms with Crippen LogP contribution in [0.4, 0.5) is 5.69 Å². The number of nitrogens with two attached hydrogens (primary N) is 1. The van der Waals surface area contributed by atoms with Crippen LogP contribution in [0.15, 0.2) is 24.3 Å². The molecule has 0 spiro atoms. The predicted molar refractivity (Wildman–Crippen MR) is 68.6 cm³/mol. The summed E-state index contributed by atoms with van der Waals surface area (Å²) in [7, 11) is 0. The zero-order chi connectivity index (χ0) is 12.0. The Hall–Kier alpha value is -1.06. The van der Waals surface area contributed by atoms with Gasteiger partial charge in [-0.25, -0.2) is 0 Å². The molecule has 1 atom stereocenters. The highest BCUT2D eigenvalue weighted by atomic mass is 16.3. The van der Waals surface area contributed by atoms with Crippen LogP contribution in [-0.2, 0) is 0 Å². The molecule has 0 radical (unpaired) electrons. The molecule has 1 rings (SSSR count). The van der Waals surface area contributed by atoms with Crippen LogP contribution in [0.1, 0.15) is 31.9 Å². The summed E-state index contributed by atoms with van der Waals surface area (Å²) in [6.45, 7) is 5.96. The Balaban J connectivity index is 2.76. The molecule has 0 heterocycles. The van der Waals surface area contributed by atoms with Gasteiger partial charge in [-0.2, -0.15) is 0 Å². The highest BCUT2D eigenvalue weighted by Crippen LogP contribution is 2.18. The maximum Gasteiger partial charge on any atom is 0.0606 e. The molecule has 0 aliphatic carbocycles. The Labute approximate surface area is 97.9 Å². The Bertz CT molecular complexity index is 289. The number of benzene rings is 1. The van der Waals surface area contributed by atoms with E-state index in [0.717, 1.165) is 24.2 Å². The summed E-state index contributed by atoms with van der Waals surface area (Å²) in [4.78, 5) is 2.19. The summed E-state index contributed by atoms with van der Waals surface area (Å²) in [5.41, 5.74) is 8.10. The van der Waals surface area contributed by atoms with E-state index in [2.05, 4.69) is 36.1 Å². The summed E-state index contributed by atoms with van der Waals surface area (Å²) in [5.74, 6) is 0. The van der Waals surface area contributed by atoms with Gasteiger partial charge < -0.3 is 15.7 Å². The number of aliphatic hydroxyl groups excluding tert-OH is 1. The quantitative estimate of drug-likeness (QED) is 0.773. The fourth-order valence-electron chi connectivity index (χ4n) is 1.75. The molecule has 0 amide bonds. The van der Waals surface area contributed by atoms with E-state index in [-0.39, 0.29) is 12.6 Å². The normalized spacial score (nSPS) is 12.5. The van der Waals surface area contributed by atoms with Crippen LogP contribution in [0.5, 0.6) is 0 Å². The van der Waals surface area contributed by atoms with Crippen molar-refractivity contribution in [2.45, 2.75) is 26.3 Å². The first-order valence-electron chi connectivity index (χ1n) is 5.90. The topological polar surface area (TPSA) is 49.5 Å². The van der Waals surface area contributed by atoms with Gasteiger partial charge in [0.1, 0.15) is 0 Å². The second kappa shape index (κ2) is 6.51. The summed E-state index contributed by atoms with van der Waals surface area (Å²) in [5, 5.41) is 9.01. The van der Waals surface area contributed by atoms with Crippen molar-refractivity contribution in [2.75, 3.05) is 24.6 Å². The second-order valence-electron chi connectivity index (χ2n) is 4.09. The molecule has 90 valence electrons. The Morgan fingerprint density at radius 2 is 1.88 bits per heavy atom. The number of hydrogen-bond acceptors (Lipinski definition) is 3. The molecule has 0 unspecified atom stereocenters. The van der Waals surface area contributed by atoms with Crippen molar-refractivity contribution in [3.05, 3.63) is 29.8 Å². The van der Waals surface area contributed by atoms with Crippen molar-refractivity contribution in [3.8, 4) is 0 Å². The van der Waals surface area contributed by atoms with Crippen LogP contribution < -0.4 is 10.6 Å². The zero-order valence-corrected chi connectivity index (χ0v) is 10.2. The molecule has 1 aromatic rings. The maximum atomic E-state index is 9.01. The number of nitrogens with zero attached hydrogens (tertiary/aromatic N) is 1. The second-order valence-corrected chi connectivity index (χ2v) is 4.09. The van der Waals surface area contributed by atoms with Gasteiger partial charge in [-0.1, -0.05) is 19.1 Å². The van der Waals surface area contributed by atoms with Crippen molar-refractivity contribution in [3.63, 3.8) is 0 Å². The van der Waals surface area contributed by atoms with Crippen LogP contribution in [0.25, 0.3) is 0 Å². The third-order valence-corrected chi connectivity index (χ3v) is 2.65. The first kappa shape index (κ1) is 13.0. The van der Waals surface area contributed by atoms with Gasteiger partial charge in [0, 0.05) is 24.8 Å². The fourth-order valence-corrected chi connectivity index (χ4v) is 1.75. The molecule has 3 nitrogen and oxygen atoms in total. The van der Waals surface area contributed by atoms with Crippen molar-refractivity contribution < 1.29 is 5.11 Å². The van der Waals surface area contributed by atoms with Crippen molar-refractivity contribution in [2.24, 2.45) is 5.73 Å². The zero-order valence-electron chi connectivity index (χ0n) is 10.2.